The fourth-order valence-electron chi connectivity index (χ4n) is 5.26. The summed E-state index contributed by atoms with van der Waals surface area (Å²) < 4.78 is 6.62. The van der Waals surface area contributed by atoms with Gasteiger partial charge in [-0.15, -0.1) is 6.58 Å². The molecule has 3 aliphatic rings. The van der Waals surface area contributed by atoms with Crippen molar-refractivity contribution in [3.63, 3.8) is 0 Å². The highest BCUT2D eigenvalue weighted by atomic mass is 79.9. The normalized spacial score (nSPS) is 28.6. The zero-order valence-electron chi connectivity index (χ0n) is 14.6. The molecule has 1 fully saturated rings. The Labute approximate surface area is 168 Å². The van der Waals surface area contributed by atoms with Crippen LogP contribution < -0.4 is 4.74 Å². The highest BCUT2D eigenvalue weighted by molar-refractivity contribution is 9.10. The predicted octanol–water partition coefficient (Wildman–Crippen LogP) is 4.17. The molecule has 2 aromatic rings. The number of Topliss-reactive ketones (excluding diaryl/α,β-unsaturated/α-hetero) is 2. The van der Waals surface area contributed by atoms with Gasteiger partial charge in [0.05, 0.1) is 10.8 Å². The van der Waals surface area contributed by atoms with Crippen molar-refractivity contribution in [2.75, 3.05) is 0 Å². The number of ether oxygens (including phenoxy) is 1. The van der Waals surface area contributed by atoms with E-state index in [4.69, 9.17) is 4.74 Å². The summed E-state index contributed by atoms with van der Waals surface area (Å²) in [6, 6.07) is 11.7. The first-order valence-electron chi connectivity index (χ1n) is 8.82. The summed E-state index contributed by atoms with van der Waals surface area (Å²) in [5.41, 5.74) is -2.36. The topological polar surface area (TPSA) is 86.5 Å². The fourth-order valence-corrected chi connectivity index (χ4v) is 5.63. The molecule has 28 heavy (non-hydrogen) atoms. The number of fused-ring (bicyclic) bond motifs is 5. The Morgan fingerprint density at radius 2 is 1.82 bits per heavy atom. The Bertz CT molecular complexity index is 1070. The molecule has 0 saturated heterocycles. The van der Waals surface area contributed by atoms with Gasteiger partial charge in [0, 0.05) is 21.2 Å². The molecular formula is C21H14BrNO5. The molecule has 7 heteroatoms. The number of benzene rings is 2. The van der Waals surface area contributed by atoms with E-state index < -0.39 is 27.9 Å². The Hall–Kier alpha value is -2.80. The zero-order valence-corrected chi connectivity index (χ0v) is 16.1. The van der Waals surface area contributed by atoms with Gasteiger partial charge in [-0.25, -0.2) is 0 Å². The molecule has 0 N–H and O–H groups in total. The van der Waals surface area contributed by atoms with Gasteiger partial charge in [0.1, 0.15) is 17.1 Å². The minimum absolute atomic E-state index is 0.000443. The molecule has 1 spiro atoms. The van der Waals surface area contributed by atoms with Crippen LogP contribution in [0.5, 0.6) is 5.75 Å². The Morgan fingerprint density at radius 3 is 2.39 bits per heavy atom. The van der Waals surface area contributed by atoms with E-state index in [1.807, 2.05) is 0 Å². The van der Waals surface area contributed by atoms with Gasteiger partial charge in [-0.2, -0.15) is 0 Å². The first-order chi connectivity index (χ1) is 13.4. The molecule has 5 rings (SSSR count). The Kier molecular flexibility index (Phi) is 3.33. The average Bonchev–Trinajstić information content (AvgIpc) is 3.25. The summed E-state index contributed by atoms with van der Waals surface area (Å²) in [7, 11) is 0. The number of rotatable bonds is 2. The molecule has 3 atom stereocenters. The van der Waals surface area contributed by atoms with Gasteiger partial charge >= 0.3 is 5.72 Å². The van der Waals surface area contributed by atoms with Crippen molar-refractivity contribution < 1.29 is 19.2 Å². The SMILES string of the molecule is C=CC1CC2(C(=O)c3ccccc3C2=O)[C@H]2c3cc(Br)ccc3O[C@@]12[N+](=O)[O-]. The maximum Gasteiger partial charge on any atom is 0.377 e. The van der Waals surface area contributed by atoms with Gasteiger partial charge in [0.15, 0.2) is 11.6 Å². The highest BCUT2D eigenvalue weighted by Crippen LogP contribution is 2.68. The van der Waals surface area contributed by atoms with Crippen LogP contribution in [0, 0.1) is 21.4 Å². The van der Waals surface area contributed by atoms with Gasteiger partial charge in [-0.05, 0) is 24.6 Å². The van der Waals surface area contributed by atoms with Crippen molar-refractivity contribution in [3.8, 4) is 5.75 Å². The van der Waals surface area contributed by atoms with Gasteiger partial charge < -0.3 is 4.74 Å². The molecule has 140 valence electrons. The van der Waals surface area contributed by atoms with Gasteiger partial charge in [-0.1, -0.05) is 46.3 Å². The summed E-state index contributed by atoms with van der Waals surface area (Å²) in [5.74, 6) is -2.23. The van der Waals surface area contributed by atoms with E-state index in [-0.39, 0.29) is 18.0 Å². The summed E-state index contributed by atoms with van der Waals surface area (Å²) in [5, 5.41) is 12.4. The van der Waals surface area contributed by atoms with Crippen LogP contribution in [0.4, 0.5) is 0 Å². The van der Waals surface area contributed by atoms with Crippen LogP contribution in [0.15, 0.2) is 59.6 Å². The van der Waals surface area contributed by atoms with E-state index in [1.165, 1.54) is 6.08 Å². The van der Waals surface area contributed by atoms with Crippen molar-refractivity contribution in [2.45, 2.75) is 18.1 Å². The standard InChI is InChI=1S/C21H14BrNO5/c1-2-11-10-20(18(24)13-5-3-4-6-14(13)19(20)25)17-15-9-12(22)7-8-16(15)28-21(11,17)23(26)27/h2-9,11,17H,1,10H2/t11?,17-,21+/m1/s1. The van der Waals surface area contributed by atoms with Crippen molar-refractivity contribution in [1.82, 2.24) is 0 Å². The molecule has 0 radical (unpaired) electrons. The molecule has 1 aliphatic heterocycles. The van der Waals surface area contributed by atoms with E-state index in [9.17, 15) is 19.7 Å². The van der Waals surface area contributed by atoms with E-state index in [1.54, 1.807) is 42.5 Å². The lowest BCUT2D eigenvalue weighted by Crippen LogP contribution is -2.51. The molecular weight excluding hydrogens is 426 g/mol. The molecule has 2 aromatic carbocycles. The monoisotopic (exact) mass is 439 g/mol. The first-order valence-corrected chi connectivity index (χ1v) is 9.61. The third kappa shape index (κ3) is 1.73. The second kappa shape index (κ2) is 5.38. The lowest BCUT2D eigenvalue weighted by atomic mass is 9.69. The van der Waals surface area contributed by atoms with E-state index in [0.29, 0.717) is 26.9 Å². The molecule has 6 nitrogen and oxygen atoms in total. The van der Waals surface area contributed by atoms with Gasteiger partial charge in [-0.3, -0.25) is 19.7 Å². The Balaban J connectivity index is 1.84. The van der Waals surface area contributed by atoms with Crippen LogP contribution in [0.25, 0.3) is 0 Å². The summed E-state index contributed by atoms with van der Waals surface area (Å²) in [6.45, 7) is 3.75. The number of hydrogen-bond donors (Lipinski definition) is 0. The molecule has 0 aromatic heterocycles. The van der Waals surface area contributed by atoms with Gasteiger partial charge in [0.25, 0.3) is 0 Å². The highest BCUT2D eigenvalue weighted by Gasteiger charge is 2.80. The van der Waals surface area contributed by atoms with Gasteiger partial charge in [0.2, 0.25) is 0 Å². The number of nitrogens with zero attached hydrogens (tertiary/aromatic N) is 1. The number of halogens is 1. The van der Waals surface area contributed by atoms with Crippen molar-refractivity contribution in [1.29, 1.82) is 0 Å². The third-order valence-electron chi connectivity index (χ3n) is 6.33. The van der Waals surface area contributed by atoms with Crippen LogP contribution in [0.2, 0.25) is 0 Å². The van der Waals surface area contributed by atoms with Crippen LogP contribution >= 0.6 is 15.9 Å². The zero-order chi connectivity index (χ0) is 19.8. The maximum atomic E-state index is 13.5. The predicted molar refractivity (Wildman–Crippen MR) is 103 cm³/mol. The van der Waals surface area contributed by atoms with Crippen LogP contribution in [-0.4, -0.2) is 22.2 Å². The minimum atomic E-state index is -1.93. The van der Waals surface area contributed by atoms with Crippen molar-refractivity contribution in [2.24, 2.45) is 11.3 Å². The fraction of sp³-hybridized carbons (Fsp3) is 0.238. The molecule has 2 aliphatic carbocycles. The quantitative estimate of drug-likeness (QED) is 0.303. The number of nitro groups is 1. The van der Waals surface area contributed by atoms with Crippen molar-refractivity contribution >= 4 is 27.5 Å². The molecule has 1 heterocycles. The number of hydrogen-bond acceptors (Lipinski definition) is 5. The molecule has 0 amide bonds. The first kappa shape index (κ1) is 17.3. The Morgan fingerprint density at radius 1 is 1.18 bits per heavy atom. The average molecular weight is 440 g/mol. The smallest absolute Gasteiger partial charge is 0.377 e. The molecule has 1 unspecified atom stereocenters. The summed E-state index contributed by atoms with van der Waals surface area (Å²) in [6.07, 6.45) is 1.44. The number of ketones is 2. The van der Waals surface area contributed by atoms with Crippen LogP contribution in [-0.2, 0) is 0 Å². The third-order valence-corrected chi connectivity index (χ3v) is 6.83. The van der Waals surface area contributed by atoms with Crippen molar-refractivity contribution in [3.05, 3.63) is 86.4 Å². The second-order valence-corrected chi connectivity index (χ2v) is 8.36. The number of carbonyl (C=O) groups is 2. The summed E-state index contributed by atoms with van der Waals surface area (Å²) in [4.78, 5) is 39.0. The van der Waals surface area contributed by atoms with Crippen LogP contribution in [0.1, 0.15) is 38.6 Å². The van der Waals surface area contributed by atoms with Crippen LogP contribution in [0.3, 0.4) is 0 Å². The lowest BCUT2D eigenvalue weighted by molar-refractivity contribution is -0.622. The van der Waals surface area contributed by atoms with E-state index >= 15 is 0 Å². The maximum absolute atomic E-state index is 13.5. The molecule has 1 saturated carbocycles. The van der Waals surface area contributed by atoms with E-state index in [0.717, 1.165) is 0 Å². The van der Waals surface area contributed by atoms with E-state index in [2.05, 4.69) is 22.5 Å². The minimum Gasteiger partial charge on any atom is -0.427 e. The molecule has 0 bridgehead atoms. The summed E-state index contributed by atoms with van der Waals surface area (Å²) >= 11 is 3.39. The number of carbonyl (C=O) groups excluding carboxylic acids is 2. The second-order valence-electron chi connectivity index (χ2n) is 7.45. The lowest BCUT2D eigenvalue weighted by Gasteiger charge is -2.28. The largest absolute Gasteiger partial charge is 0.427 e.